The Kier molecular flexibility index (Phi) is 3.08. The van der Waals surface area contributed by atoms with Crippen LogP contribution in [0.2, 0.25) is 0 Å². The highest BCUT2D eigenvalue weighted by atomic mass is 32.2. The first-order valence-corrected chi connectivity index (χ1v) is 6.67. The van der Waals surface area contributed by atoms with Gasteiger partial charge >= 0.3 is 0 Å². The molecule has 0 heterocycles. The normalized spacial score (nSPS) is 19.9. The lowest BCUT2D eigenvalue weighted by atomic mass is 10.1. The molecule has 0 bridgehead atoms. The average molecular weight is 235 g/mol. The van der Waals surface area contributed by atoms with E-state index >= 15 is 0 Å². The van der Waals surface area contributed by atoms with Crippen LogP contribution in [0, 0.1) is 0 Å². The summed E-state index contributed by atoms with van der Waals surface area (Å²) in [6.45, 7) is 5.86. The summed E-state index contributed by atoms with van der Waals surface area (Å²) in [7, 11) is 0. The molecule has 86 valence electrons. The Bertz CT molecular complexity index is 420. The van der Waals surface area contributed by atoms with Gasteiger partial charge in [0, 0.05) is 5.56 Å². The SMILES string of the molecule is CC(C)(C)[S@@+]([O-])N=C1CCc2ccccc21. The van der Waals surface area contributed by atoms with Gasteiger partial charge in [-0.2, -0.15) is 0 Å². The Hall–Kier alpha value is -0.800. The second kappa shape index (κ2) is 4.22. The molecule has 0 saturated carbocycles. The van der Waals surface area contributed by atoms with Gasteiger partial charge in [-0.05, 0) is 39.2 Å². The van der Waals surface area contributed by atoms with Gasteiger partial charge in [0.15, 0.2) is 0 Å². The summed E-state index contributed by atoms with van der Waals surface area (Å²) in [4.78, 5) is 0. The van der Waals surface area contributed by atoms with Gasteiger partial charge in [0.05, 0.1) is 5.71 Å². The van der Waals surface area contributed by atoms with Gasteiger partial charge in [-0.1, -0.05) is 28.7 Å². The molecule has 1 atom stereocenters. The zero-order valence-corrected chi connectivity index (χ0v) is 10.8. The van der Waals surface area contributed by atoms with E-state index in [-0.39, 0.29) is 4.75 Å². The highest BCUT2D eigenvalue weighted by Crippen LogP contribution is 2.25. The number of fused-ring (bicyclic) bond motifs is 1. The van der Waals surface area contributed by atoms with Gasteiger partial charge in [-0.3, -0.25) is 0 Å². The minimum Gasteiger partial charge on any atom is -0.591 e. The Morgan fingerprint density at radius 3 is 2.56 bits per heavy atom. The smallest absolute Gasteiger partial charge is 0.144 e. The van der Waals surface area contributed by atoms with Crippen LogP contribution in [0.1, 0.15) is 38.3 Å². The van der Waals surface area contributed by atoms with E-state index < -0.39 is 11.4 Å². The lowest BCUT2D eigenvalue weighted by molar-refractivity contribution is 0.561. The first-order chi connectivity index (χ1) is 7.48. The van der Waals surface area contributed by atoms with Crippen molar-refractivity contribution in [3.8, 4) is 0 Å². The first-order valence-electron chi connectivity index (χ1n) is 5.56. The van der Waals surface area contributed by atoms with Crippen molar-refractivity contribution in [3.63, 3.8) is 0 Å². The topological polar surface area (TPSA) is 35.4 Å². The quantitative estimate of drug-likeness (QED) is 0.689. The summed E-state index contributed by atoms with van der Waals surface area (Å²) < 4.78 is 16.1. The lowest BCUT2D eigenvalue weighted by Crippen LogP contribution is -2.26. The maximum atomic E-state index is 12.0. The van der Waals surface area contributed by atoms with Crippen molar-refractivity contribution in [2.24, 2.45) is 4.40 Å². The van der Waals surface area contributed by atoms with Crippen molar-refractivity contribution < 1.29 is 4.55 Å². The summed E-state index contributed by atoms with van der Waals surface area (Å²) in [6, 6.07) is 8.25. The molecule has 2 rings (SSSR count). The van der Waals surface area contributed by atoms with Crippen LogP contribution < -0.4 is 0 Å². The van der Waals surface area contributed by atoms with Crippen LogP contribution in [-0.4, -0.2) is 15.0 Å². The number of hydrogen-bond acceptors (Lipinski definition) is 2. The second-order valence-corrected chi connectivity index (χ2v) is 6.96. The monoisotopic (exact) mass is 235 g/mol. The van der Waals surface area contributed by atoms with E-state index in [1.165, 1.54) is 11.1 Å². The van der Waals surface area contributed by atoms with Crippen LogP contribution in [0.5, 0.6) is 0 Å². The molecule has 1 aliphatic carbocycles. The molecular weight excluding hydrogens is 218 g/mol. The molecule has 0 N–H and O–H groups in total. The fourth-order valence-electron chi connectivity index (χ4n) is 1.74. The molecule has 1 aromatic carbocycles. The van der Waals surface area contributed by atoms with E-state index in [2.05, 4.69) is 16.5 Å². The van der Waals surface area contributed by atoms with E-state index in [0.29, 0.717) is 0 Å². The van der Waals surface area contributed by atoms with E-state index in [4.69, 9.17) is 0 Å². The minimum atomic E-state index is -1.15. The van der Waals surface area contributed by atoms with Crippen LogP contribution in [0.4, 0.5) is 0 Å². The van der Waals surface area contributed by atoms with Gasteiger partial charge < -0.3 is 4.55 Å². The molecule has 0 fully saturated rings. The zero-order valence-electron chi connectivity index (χ0n) is 9.99. The molecule has 0 unspecified atom stereocenters. The molecule has 0 saturated heterocycles. The van der Waals surface area contributed by atoms with Crippen molar-refractivity contribution in [1.82, 2.24) is 0 Å². The molecule has 3 heteroatoms. The zero-order chi connectivity index (χ0) is 11.8. The van der Waals surface area contributed by atoms with Gasteiger partial charge in [0.1, 0.15) is 16.1 Å². The molecule has 0 spiro atoms. The van der Waals surface area contributed by atoms with E-state index in [9.17, 15) is 4.55 Å². The van der Waals surface area contributed by atoms with Crippen molar-refractivity contribution in [1.29, 1.82) is 0 Å². The molecule has 0 radical (unpaired) electrons. The standard InChI is InChI=1S/C13H17NOS/c1-13(2,3)16(15)14-12-9-8-10-6-4-5-7-11(10)12/h4-7H,8-9H2,1-3H3/t16-/m1/s1. The van der Waals surface area contributed by atoms with E-state index in [1.54, 1.807) is 0 Å². The third-order valence-corrected chi connectivity index (χ3v) is 4.11. The van der Waals surface area contributed by atoms with Gasteiger partial charge in [-0.25, -0.2) is 0 Å². The van der Waals surface area contributed by atoms with Crippen molar-refractivity contribution >= 4 is 17.1 Å². The molecule has 0 amide bonds. The predicted octanol–water partition coefficient (Wildman–Crippen LogP) is 2.88. The van der Waals surface area contributed by atoms with Gasteiger partial charge in [0.2, 0.25) is 0 Å². The summed E-state index contributed by atoms with van der Waals surface area (Å²) in [5, 5.41) is 0. The Morgan fingerprint density at radius 2 is 1.88 bits per heavy atom. The largest absolute Gasteiger partial charge is 0.591 e. The maximum Gasteiger partial charge on any atom is 0.144 e. The molecule has 0 aliphatic heterocycles. The Labute approximate surface area is 100 Å². The number of aryl methyl sites for hydroxylation is 1. The summed E-state index contributed by atoms with van der Waals surface area (Å²) in [5.41, 5.74) is 3.51. The van der Waals surface area contributed by atoms with E-state index in [0.717, 1.165) is 18.6 Å². The Morgan fingerprint density at radius 1 is 1.19 bits per heavy atom. The second-order valence-electron chi connectivity index (χ2n) is 5.06. The molecule has 2 nitrogen and oxygen atoms in total. The lowest BCUT2D eigenvalue weighted by Gasteiger charge is -2.18. The molecule has 1 aromatic rings. The van der Waals surface area contributed by atoms with E-state index in [1.807, 2.05) is 32.9 Å². The van der Waals surface area contributed by atoms with Crippen molar-refractivity contribution in [2.45, 2.75) is 38.4 Å². The molecule has 1 aliphatic rings. The van der Waals surface area contributed by atoms with Crippen LogP contribution in [0.15, 0.2) is 28.7 Å². The molecule has 16 heavy (non-hydrogen) atoms. The fourth-order valence-corrected chi connectivity index (χ4v) is 2.40. The highest BCUT2D eigenvalue weighted by Gasteiger charge is 2.29. The number of benzene rings is 1. The average Bonchev–Trinajstić information content (AvgIpc) is 2.61. The minimum absolute atomic E-state index is 0.273. The van der Waals surface area contributed by atoms with Crippen LogP contribution in [0.25, 0.3) is 0 Å². The predicted molar refractivity (Wildman–Crippen MR) is 69.2 cm³/mol. The van der Waals surface area contributed by atoms with Crippen LogP contribution >= 0.6 is 0 Å². The third-order valence-electron chi connectivity index (χ3n) is 2.68. The van der Waals surface area contributed by atoms with Crippen LogP contribution in [-0.2, 0) is 17.8 Å². The Balaban J connectivity index is 2.29. The third kappa shape index (κ3) is 2.30. The van der Waals surface area contributed by atoms with Crippen molar-refractivity contribution in [3.05, 3.63) is 35.4 Å². The number of nitrogens with zero attached hydrogens (tertiary/aromatic N) is 1. The summed E-state index contributed by atoms with van der Waals surface area (Å²) >= 11 is -1.15. The maximum absolute atomic E-state index is 12.0. The first kappa shape index (κ1) is 11.7. The van der Waals surface area contributed by atoms with Gasteiger partial charge in [-0.15, -0.1) is 0 Å². The van der Waals surface area contributed by atoms with Gasteiger partial charge in [0.25, 0.3) is 0 Å². The number of rotatable bonds is 1. The number of hydrogen-bond donors (Lipinski definition) is 0. The molecule has 0 aromatic heterocycles. The summed E-state index contributed by atoms with van der Waals surface area (Å²) in [6.07, 6.45) is 1.94. The van der Waals surface area contributed by atoms with Crippen LogP contribution in [0.3, 0.4) is 0 Å². The highest BCUT2D eigenvalue weighted by molar-refractivity contribution is 7.91. The molecular formula is C13H17NOS. The summed E-state index contributed by atoms with van der Waals surface area (Å²) in [5.74, 6) is 0. The fraction of sp³-hybridized carbons (Fsp3) is 0.462. The van der Waals surface area contributed by atoms with Crippen molar-refractivity contribution in [2.75, 3.05) is 0 Å².